The fourth-order valence-corrected chi connectivity index (χ4v) is 2.26. The average Bonchev–Trinajstić information content (AvgIpc) is 2.42. The summed E-state index contributed by atoms with van der Waals surface area (Å²) < 4.78 is 0. The van der Waals surface area contributed by atoms with Gasteiger partial charge in [0.05, 0.1) is 0 Å². The monoisotopic (exact) mass is 254 g/mol. The van der Waals surface area contributed by atoms with Crippen LogP contribution in [0.5, 0.6) is 0 Å². The van der Waals surface area contributed by atoms with Crippen molar-refractivity contribution in [2.24, 2.45) is 0 Å². The van der Waals surface area contributed by atoms with Crippen molar-refractivity contribution >= 4 is 16.7 Å². The van der Waals surface area contributed by atoms with Crippen molar-refractivity contribution in [2.75, 3.05) is 0 Å². The van der Waals surface area contributed by atoms with Crippen LogP contribution in [0.15, 0.2) is 54.6 Å². The fourth-order valence-electron chi connectivity index (χ4n) is 2.26. The Bertz CT molecular complexity index is 594. The Balaban J connectivity index is 2.17. The minimum Gasteiger partial charge on any atom is -0.481 e. The van der Waals surface area contributed by atoms with Crippen molar-refractivity contribution in [2.45, 2.75) is 25.7 Å². The highest BCUT2D eigenvalue weighted by Gasteiger charge is 2.05. The number of benzene rings is 2. The number of rotatable bonds is 5. The third-order valence-electron chi connectivity index (χ3n) is 3.26. The molecule has 1 N–H and O–H groups in total. The molecule has 0 fully saturated rings. The van der Waals surface area contributed by atoms with Gasteiger partial charge in [0.15, 0.2) is 0 Å². The predicted molar refractivity (Wildman–Crippen MR) is 78.4 cm³/mol. The molecule has 2 heteroatoms. The van der Waals surface area contributed by atoms with Crippen molar-refractivity contribution < 1.29 is 9.90 Å². The first-order chi connectivity index (χ1) is 9.18. The second kappa shape index (κ2) is 6.19. The van der Waals surface area contributed by atoms with Gasteiger partial charge in [0.1, 0.15) is 0 Å². The summed E-state index contributed by atoms with van der Waals surface area (Å²) in [6.07, 6.45) is 4.83. The third kappa shape index (κ3) is 3.44. The summed E-state index contributed by atoms with van der Waals surface area (Å²) in [5.41, 5.74) is 1.28. The van der Waals surface area contributed by atoms with Crippen LogP contribution in [-0.4, -0.2) is 11.1 Å². The number of carbonyl (C=O) groups is 1. The molecule has 2 rings (SSSR count). The number of aliphatic carboxylic acids is 1. The molecule has 0 saturated carbocycles. The molecule has 1 unspecified atom stereocenters. The lowest BCUT2D eigenvalue weighted by Gasteiger charge is -2.10. The zero-order valence-corrected chi connectivity index (χ0v) is 11.0. The van der Waals surface area contributed by atoms with Gasteiger partial charge in [-0.3, -0.25) is 4.79 Å². The SMILES string of the molecule is CC(/C=C/CCC(=O)O)c1cccc2ccccc12. The number of allylic oxidation sites excluding steroid dienone is 2. The first kappa shape index (κ1) is 13.3. The molecule has 0 aliphatic carbocycles. The van der Waals surface area contributed by atoms with Crippen molar-refractivity contribution in [1.82, 2.24) is 0 Å². The van der Waals surface area contributed by atoms with E-state index >= 15 is 0 Å². The summed E-state index contributed by atoms with van der Waals surface area (Å²) >= 11 is 0. The molecule has 0 aromatic heterocycles. The van der Waals surface area contributed by atoms with E-state index < -0.39 is 5.97 Å². The Morgan fingerprint density at radius 2 is 1.95 bits per heavy atom. The number of hydrogen-bond donors (Lipinski definition) is 1. The Hall–Kier alpha value is -2.09. The molecule has 1 atom stereocenters. The van der Waals surface area contributed by atoms with Gasteiger partial charge < -0.3 is 5.11 Å². The van der Waals surface area contributed by atoms with Gasteiger partial charge >= 0.3 is 5.97 Å². The highest BCUT2D eigenvalue weighted by molar-refractivity contribution is 5.86. The van der Waals surface area contributed by atoms with E-state index in [1.165, 1.54) is 16.3 Å². The molecule has 0 saturated heterocycles. The van der Waals surface area contributed by atoms with Crippen LogP contribution in [0.4, 0.5) is 0 Å². The van der Waals surface area contributed by atoms with E-state index in [1.54, 1.807) is 0 Å². The summed E-state index contributed by atoms with van der Waals surface area (Å²) in [5.74, 6) is -0.456. The highest BCUT2D eigenvalue weighted by Crippen LogP contribution is 2.26. The van der Waals surface area contributed by atoms with E-state index in [1.807, 2.05) is 18.2 Å². The zero-order valence-electron chi connectivity index (χ0n) is 11.0. The van der Waals surface area contributed by atoms with Crippen molar-refractivity contribution in [3.63, 3.8) is 0 Å². The fraction of sp³-hybridized carbons (Fsp3) is 0.235. The van der Waals surface area contributed by atoms with Gasteiger partial charge in [-0.15, -0.1) is 0 Å². The average molecular weight is 254 g/mol. The Labute approximate surface area is 113 Å². The molecule has 0 heterocycles. The molecule has 2 aromatic carbocycles. The Morgan fingerprint density at radius 1 is 1.21 bits per heavy atom. The highest BCUT2D eigenvalue weighted by atomic mass is 16.4. The Morgan fingerprint density at radius 3 is 2.74 bits per heavy atom. The first-order valence-electron chi connectivity index (χ1n) is 6.54. The van der Waals surface area contributed by atoms with E-state index in [0.29, 0.717) is 12.3 Å². The molecule has 0 aliphatic rings. The lowest BCUT2D eigenvalue weighted by atomic mass is 9.94. The molecular weight excluding hydrogens is 236 g/mol. The van der Waals surface area contributed by atoms with Crippen LogP contribution >= 0.6 is 0 Å². The van der Waals surface area contributed by atoms with E-state index in [2.05, 4.69) is 43.3 Å². The van der Waals surface area contributed by atoms with Gasteiger partial charge in [-0.05, 0) is 28.7 Å². The second-order valence-corrected chi connectivity index (χ2v) is 4.72. The molecule has 2 aromatic rings. The van der Waals surface area contributed by atoms with Gasteiger partial charge in [-0.25, -0.2) is 0 Å². The summed E-state index contributed by atoms with van der Waals surface area (Å²) in [4.78, 5) is 10.5. The molecule has 98 valence electrons. The van der Waals surface area contributed by atoms with Gasteiger partial charge in [0.25, 0.3) is 0 Å². The standard InChI is InChI=1S/C17H18O2/c1-13(7-2-5-12-17(18)19)15-11-6-9-14-8-3-4-10-16(14)15/h2-4,6-11,13H,5,12H2,1H3,(H,18,19)/b7-2+. The molecule has 0 spiro atoms. The van der Waals surface area contributed by atoms with Gasteiger partial charge in [-0.2, -0.15) is 0 Å². The Kier molecular flexibility index (Phi) is 4.35. The molecule has 0 aliphatic heterocycles. The minimum atomic E-state index is -0.748. The molecule has 0 amide bonds. The van der Waals surface area contributed by atoms with Gasteiger partial charge in [-0.1, -0.05) is 61.5 Å². The molecule has 19 heavy (non-hydrogen) atoms. The van der Waals surface area contributed by atoms with E-state index in [-0.39, 0.29) is 6.42 Å². The van der Waals surface area contributed by atoms with Crippen molar-refractivity contribution in [3.05, 3.63) is 60.2 Å². The molecule has 0 radical (unpaired) electrons. The third-order valence-corrected chi connectivity index (χ3v) is 3.26. The lowest BCUT2D eigenvalue weighted by Crippen LogP contribution is -1.93. The smallest absolute Gasteiger partial charge is 0.303 e. The normalized spacial score (nSPS) is 12.9. The minimum absolute atomic E-state index is 0.193. The maximum absolute atomic E-state index is 10.5. The topological polar surface area (TPSA) is 37.3 Å². The van der Waals surface area contributed by atoms with Crippen LogP contribution in [0.3, 0.4) is 0 Å². The van der Waals surface area contributed by atoms with Crippen LogP contribution in [0.1, 0.15) is 31.2 Å². The van der Waals surface area contributed by atoms with E-state index in [0.717, 1.165) is 0 Å². The van der Waals surface area contributed by atoms with Gasteiger partial charge in [0, 0.05) is 6.42 Å². The quantitative estimate of drug-likeness (QED) is 0.805. The number of hydrogen-bond acceptors (Lipinski definition) is 1. The van der Waals surface area contributed by atoms with Crippen LogP contribution in [0.25, 0.3) is 10.8 Å². The summed E-state index contributed by atoms with van der Waals surface area (Å²) in [5, 5.41) is 11.1. The summed E-state index contributed by atoms with van der Waals surface area (Å²) in [6, 6.07) is 14.6. The predicted octanol–water partition coefficient (Wildman–Crippen LogP) is 4.36. The van der Waals surface area contributed by atoms with Crippen LogP contribution in [0.2, 0.25) is 0 Å². The van der Waals surface area contributed by atoms with Crippen molar-refractivity contribution in [1.29, 1.82) is 0 Å². The largest absolute Gasteiger partial charge is 0.481 e. The van der Waals surface area contributed by atoms with Crippen LogP contribution < -0.4 is 0 Å². The molecular formula is C17H18O2. The lowest BCUT2D eigenvalue weighted by molar-refractivity contribution is -0.136. The van der Waals surface area contributed by atoms with E-state index in [4.69, 9.17) is 5.11 Å². The van der Waals surface area contributed by atoms with Crippen LogP contribution in [-0.2, 0) is 4.79 Å². The first-order valence-corrected chi connectivity index (χ1v) is 6.54. The molecule has 0 bridgehead atoms. The molecule has 2 nitrogen and oxygen atoms in total. The second-order valence-electron chi connectivity index (χ2n) is 4.72. The summed E-state index contributed by atoms with van der Waals surface area (Å²) in [7, 11) is 0. The van der Waals surface area contributed by atoms with Crippen LogP contribution in [0, 0.1) is 0 Å². The van der Waals surface area contributed by atoms with Gasteiger partial charge in [0.2, 0.25) is 0 Å². The number of carboxylic acid groups (broad SMARTS) is 1. The zero-order chi connectivity index (χ0) is 13.7. The number of fused-ring (bicyclic) bond motifs is 1. The maximum atomic E-state index is 10.5. The van der Waals surface area contributed by atoms with E-state index in [9.17, 15) is 4.79 Å². The maximum Gasteiger partial charge on any atom is 0.303 e. The summed E-state index contributed by atoms with van der Waals surface area (Å²) in [6.45, 7) is 2.14. The number of carboxylic acids is 1. The van der Waals surface area contributed by atoms with Crippen molar-refractivity contribution in [3.8, 4) is 0 Å².